The summed E-state index contributed by atoms with van der Waals surface area (Å²) in [6.07, 6.45) is 0.693. The summed E-state index contributed by atoms with van der Waals surface area (Å²) < 4.78 is 22.9. The molecule has 0 amide bonds. The fourth-order valence-corrected chi connectivity index (χ4v) is 4.02. The molecule has 0 aliphatic heterocycles. The van der Waals surface area contributed by atoms with Gasteiger partial charge in [-0.2, -0.15) is 0 Å². The summed E-state index contributed by atoms with van der Waals surface area (Å²) in [4.78, 5) is 27.9. The smallest absolute Gasteiger partial charge is 0.265 e. The van der Waals surface area contributed by atoms with E-state index in [1.165, 1.54) is 12.1 Å². The van der Waals surface area contributed by atoms with Crippen LogP contribution in [0.1, 0.15) is 19.2 Å². The van der Waals surface area contributed by atoms with Crippen LogP contribution >= 0.6 is 0 Å². The Balaban J connectivity index is 1.85. The quantitative estimate of drug-likeness (QED) is 0.378. The molecule has 3 aromatic heterocycles. The number of aromatic nitrogens is 5. The number of para-hydroxylation sites is 2. The van der Waals surface area contributed by atoms with Crippen LogP contribution in [-0.4, -0.2) is 37.3 Å². The van der Waals surface area contributed by atoms with Gasteiger partial charge < -0.3 is 4.74 Å². The Morgan fingerprint density at radius 3 is 2.53 bits per heavy atom. The van der Waals surface area contributed by atoms with Crippen molar-refractivity contribution in [3.05, 3.63) is 70.5 Å². The first-order valence-electron chi connectivity index (χ1n) is 10.6. The number of hydrogen-bond acceptors (Lipinski definition) is 5. The molecule has 5 rings (SSSR count). The molecule has 0 unspecified atom stereocenters. The SMILES string of the molecule is CCOCCCn1c(C)nc2c(c1=O)c1nc3ccccc3nc1n2-c1cccc(F)c1. The summed E-state index contributed by atoms with van der Waals surface area (Å²) in [7, 11) is 0. The molecular formula is C24H22FN5O2. The molecule has 0 fully saturated rings. The first-order chi connectivity index (χ1) is 15.6. The molecule has 0 atom stereocenters. The Morgan fingerprint density at radius 1 is 1.00 bits per heavy atom. The lowest BCUT2D eigenvalue weighted by molar-refractivity contribution is 0.141. The lowest BCUT2D eigenvalue weighted by Crippen LogP contribution is -2.24. The van der Waals surface area contributed by atoms with Crippen molar-refractivity contribution in [1.82, 2.24) is 24.1 Å². The van der Waals surface area contributed by atoms with E-state index in [0.29, 0.717) is 70.9 Å². The highest BCUT2D eigenvalue weighted by atomic mass is 19.1. The Labute approximate surface area is 183 Å². The molecule has 0 radical (unpaired) electrons. The first kappa shape index (κ1) is 20.3. The largest absolute Gasteiger partial charge is 0.382 e. The fourth-order valence-electron chi connectivity index (χ4n) is 4.02. The minimum Gasteiger partial charge on any atom is -0.382 e. The van der Waals surface area contributed by atoms with Crippen molar-refractivity contribution in [1.29, 1.82) is 0 Å². The topological polar surface area (TPSA) is 74.8 Å². The molecule has 0 spiro atoms. The summed E-state index contributed by atoms with van der Waals surface area (Å²) in [6.45, 7) is 5.42. The van der Waals surface area contributed by atoms with Gasteiger partial charge in [-0.1, -0.05) is 18.2 Å². The summed E-state index contributed by atoms with van der Waals surface area (Å²) in [6, 6.07) is 13.6. The highest BCUT2D eigenvalue weighted by Crippen LogP contribution is 2.28. The van der Waals surface area contributed by atoms with E-state index in [-0.39, 0.29) is 11.4 Å². The molecule has 0 saturated carbocycles. The minimum atomic E-state index is -0.382. The standard InChI is InChI=1S/C24H22FN5O2/c1-3-32-13-7-12-29-15(2)26-22-20(24(29)31)21-23(28-19-11-5-4-10-18(19)27-21)30(22)17-9-6-8-16(25)14-17/h4-6,8-11,14H,3,7,12-13H2,1-2H3. The zero-order valence-electron chi connectivity index (χ0n) is 17.9. The van der Waals surface area contributed by atoms with Crippen LogP contribution in [0, 0.1) is 12.7 Å². The number of hydrogen-bond donors (Lipinski definition) is 0. The van der Waals surface area contributed by atoms with Crippen molar-refractivity contribution >= 4 is 33.2 Å². The number of benzene rings is 2. The van der Waals surface area contributed by atoms with Crippen molar-refractivity contribution in [3.8, 4) is 5.69 Å². The maximum absolute atomic E-state index is 14.1. The van der Waals surface area contributed by atoms with Crippen LogP contribution in [0.5, 0.6) is 0 Å². The van der Waals surface area contributed by atoms with E-state index in [9.17, 15) is 9.18 Å². The average Bonchev–Trinajstić information content (AvgIpc) is 3.09. The lowest BCUT2D eigenvalue weighted by atomic mass is 10.3. The molecule has 3 heterocycles. The number of fused-ring (bicyclic) bond motifs is 4. The van der Waals surface area contributed by atoms with Crippen LogP contribution in [0.15, 0.2) is 53.3 Å². The highest BCUT2D eigenvalue weighted by molar-refractivity contribution is 6.05. The van der Waals surface area contributed by atoms with E-state index < -0.39 is 0 Å². The summed E-state index contributed by atoms with van der Waals surface area (Å²) >= 11 is 0. The molecule has 7 nitrogen and oxygen atoms in total. The third kappa shape index (κ3) is 3.33. The molecule has 0 N–H and O–H groups in total. The molecule has 32 heavy (non-hydrogen) atoms. The number of rotatable bonds is 6. The van der Waals surface area contributed by atoms with Crippen molar-refractivity contribution in [2.24, 2.45) is 0 Å². The van der Waals surface area contributed by atoms with Gasteiger partial charge in [-0.15, -0.1) is 0 Å². The molecule has 5 aromatic rings. The zero-order valence-corrected chi connectivity index (χ0v) is 17.9. The van der Waals surface area contributed by atoms with Gasteiger partial charge in [-0.3, -0.25) is 13.9 Å². The molecule has 8 heteroatoms. The third-order valence-electron chi connectivity index (χ3n) is 5.49. The summed E-state index contributed by atoms with van der Waals surface area (Å²) in [5.74, 6) is 0.191. The van der Waals surface area contributed by atoms with Gasteiger partial charge in [0.05, 0.1) is 16.7 Å². The molecule has 0 aliphatic carbocycles. The van der Waals surface area contributed by atoms with Crippen LogP contribution in [0.25, 0.3) is 38.9 Å². The second-order valence-corrected chi connectivity index (χ2v) is 7.56. The predicted molar refractivity (Wildman–Crippen MR) is 122 cm³/mol. The molecule has 0 bridgehead atoms. The van der Waals surface area contributed by atoms with Crippen molar-refractivity contribution < 1.29 is 9.13 Å². The van der Waals surface area contributed by atoms with Gasteiger partial charge in [0.1, 0.15) is 22.5 Å². The Bertz CT molecular complexity index is 1520. The van der Waals surface area contributed by atoms with Crippen molar-refractivity contribution in [2.75, 3.05) is 13.2 Å². The zero-order chi connectivity index (χ0) is 22.2. The number of ether oxygens (including phenoxy) is 1. The molecule has 0 aliphatic rings. The normalized spacial score (nSPS) is 11.7. The van der Waals surface area contributed by atoms with Crippen LogP contribution in [-0.2, 0) is 11.3 Å². The molecule has 0 saturated heterocycles. The maximum atomic E-state index is 14.1. The van der Waals surface area contributed by atoms with Gasteiger partial charge >= 0.3 is 0 Å². The van der Waals surface area contributed by atoms with E-state index in [0.717, 1.165) is 0 Å². The third-order valence-corrected chi connectivity index (χ3v) is 5.49. The predicted octanol–water partition coefficient (Wildman–Crippen LogP) is 4.16. The van der Waals surface area contributed by atoms with Gasteiger partial charge in [0.2, 0.25) is 0 Å². The van der Waals surface area contributed by atoms with Gasteiger partial charge in [0.15, 0.2) is 11.3 Å². The molecular weight excluding hydrogens is 409 g/mol. The van der Waals surface area contributed by atoms with Crippen LogP contribution in [0.4, 0.5) is 4.39 Å². The second-order valence-electron chi connectivity index (χ2n) is 7.56. The van der Waals surface area contributed by atoms with E-state index in [1.807, 2.05) is 31.2 Å². The summed E-state index contributed by atoms with van der Waals surface area (Å²) in [5, 5.41) is 0.379. The van der Waals surface area contributed by atoms with Crippen LogP contribution in [0.3, 0.4) is 0 Å². The Morgan fingerprint density at radius 2 is 1.78 bits per heavy atom. The van der Waals surface area contributed by atoms with Crippen molar-refractivity contribution in [2.45, 2.75) is 26.8 Å². The second kappa shape index (κ2) is 8.12. The number of aryl methyl sites for hydroxylation is 1. The number of nitrogens with zero attached hydrogens (tertiary/aromatic N) is 5. The molecule has 2 aromatic carbocycles. The van der Waals surface area contributed by atoms with Gasteiger partial charge in [-0.05, 0) is 50.6 Å². The first-order valence-corrected chi connectivity index (χ1v) is 10.6. The van der Waals surface area contributed by atoms with Crippen LogP contribution in [0.2, 0.25) is 0 Å². The van der Waals surface area contributed by atoms with E-state index >= 15 is 0 Å². The Hall–Kier alpha value is -3.65. The Kier molecular flexibility index (Phi) is 5.14. The van der Waals surface area contributed by atoms with Gasteiger partial charge in [0, 0.05) is 19.8 Å². The van der Waals surface area contributed by atoms with E-state index in [2.05, 4.69) is 0 Å². The minimum absolute atomic E-state index is 0.186. The summed E-state index contributed by atoms with van der Waals surface area (Å²) in [5.41, 5.74) is 3.07. The van der Waals surface area contributed by atoms with Gasteiger partial charge in [-0.25, -0.2) is 19.3 Å². The molecule has 162 valence electrons. The van der Waals surface area contributed by atoms with Gasteiger partial charge in [0.25, 0.3) is 5.56 Å². The number of halogens is 1. The van der Waals surface area contributed by atoms with E-state index in [4.69, 9.17) is 19.7 Å². The fraction of sp³-hybridized carbons (Fsp3) is 0.250. The highest BCUT2D eigenvalue weighted by Gasteiger charge is 2.22. The van der Waals surface area contributed by atoms with Crippen molar-refractivity contribution in [3.63, 3.8) is 0 Å². The van der Waals surface area contributed by atoms with E-state index in [1.54, 1.807) is 28.2 Å². The monoisotopic (exact) mass is 431 g/mol. The average molecular weight is 431 g/mol. The lowest BCUT2D eigenvalue weighted by Gasteiger charge is -2.11. The maximum Gasteiger partial charge on any atom is 0.265 e. The van der Waals surface area contributed by atoms with Crippen LogP contribution < -0.4 is 5.56 Å².